The third kappa shape index (κ3) is 0.455. The first kappa shape index (κ1) is 3.88. The summed E-state index contributed by atoms with van der Waals surface area (Å²) in [5.41, 5.74) is 5.58. The van der Waals surface area contributed by atoms with Crippen LogP contribution in [0, 0.1) is 0 Å². The molecule has 0 aromatic rings. The van der Waals surface area contributed by atoms with Crippen molar-refractivity contribution < 1.29 is 0 Å². The molecule has 0 amide bonds. The van der Waals surface area contributed by atoms with Crippen LogP contribution in [0.1, 0.15) is 13.3 Å². The monoisotopic (exact) mass is 83.1 g/mol. The Kier molecular flexibility index (Phi) is 0.549. The number of nitrogens with two attached hydrogens (primary N) is 1. The Bertz CT molecular complexity index is 81.9. The first-order valence-electron chi connectivity index (χ1n) is 2.17. The first-order chi connectivity index (χ1) is 2.71. The van der Waals surface area contributed by atoms with Crippen LogP contribution in [0.25, 0.3) is 0 Å². The Morgan fingerprint density at radius 2 is 2.17 bits per heavy atom. The molecule has 0 saturated carbocycles. The highest BCUT2D eigenvalue weighted by Crippen LogP contribution is 2.17. The summed E-state index contributed by atoms with van der Waals surface area (Å²) in [7, 11) is 0. The molecule has 0 radical (unpaired) electrons. The van der Waals surface area contributed by atoms with E-state index in [-0.39, 0.29) is 5.54 Å². The van der Waals surface area contributed by atoms with Gasteiger partial charge < -0.3 is 5.73 Å². The van der Waals surface area contributed by atoms with Crippen LogP contribution in [-0.2, 0) is 0 Å². The minimum absolute atomic E-state index is 0.0417. The molecule has 0 saturated heterocycles. The van der Waals surface area contributed by atoms with Gasteiger partial charge in [-0.2, -0.15) is 0 Å². The van der Waals surface area contributed by atoms with Gasteiger partial charge in [0.05, 0.1) is 0 Å². The van der Waals surface area contributed by atoms with E-state index < -0.39 is 0 Å². The molecule has 2 N–H and O–H groups in total. The molecule has 1 aliphatic carbocycles. The van der Waals surface area contributed by atoms with Gasteiger partial charge in [-0.1, -0.05) is 12.2 Å². The molecule has 34 valence electrons. The molecule has 1 atom stereocenters. The molecular formula is C5H9N. The predicted octanol–water partition coefficient (Wildman–Crippen LogP) is 0.664. The lowest BCUT2D eigenvalue weighted by molar-refractivity contribution is 0.547. The third-order valence-corrected chi connectivity index (χ3v) is 1.06. The SMILES string of the molecule is CC1(N)C=CC1. The maximum atomic E-state index is 5.53. The van der Waals surface area contributed by atoms with Crippen LogP contribution in [0.5, 0.6) is 0 Å². The molecule has 0 bridgehead atoms. The summed E-state index contributed by atoms with van der Waals surface area (Å²) in [6.07, 6.45) is 5.15. The smallest absolute Gasteiger partial charge is 0.0345 e. The van der Waals surface area contributed by atoms with E-state index >= 15 is 0 Å². The van der Waals surface area contributed by atoms with E-state index in [2.05, 4.69) is 6.08 Å². The average Bonchev–Trinajstić information content (AvgIpc) is 1.32. The van der Waals surface area contributed by atoms with E-state index in [9.17, 15) is 0 Å². The van der Waals surface area contributed by atoms with Crippen LogP contribution in [-0.4, -0.2) is 5.54 Å². The maximum absolute atomic E-state index is 5.53. The van der Waals surface area contributed by atoms with Gasteiger partial charge in [-0.25, -0.2) is 0 Å². The van der Waals surface area contributed by atoms with Crippen molar-refractivity contribution in [3.8, 4) is 0 Å². The Hall–Kier alpha value is -0.300. The summed E-state index contributed by atoms with van der Waals surface area (Å²) in [6, 6.07) is 0. The predicted molar refractivity (Wildman–Crippen MR) is 26.3 cm³/mol. The summed E-state index contributed by atoms with van der Waals surface area (Å²) in [5.74, 6) is 0. The van der Waals surface area contributed by atoms with E-state index in [1.54, 1.807) is 0 Å². The largest absolute Gasteiger partial charge is 0.322 e. The van der Waals surface area contributed by atoms with Crippen LogP contribution < -0.4 is 5.73 Å². The summed E-state index contributed by atoms with van der Waals surface area (Å²) < 4.78 is 0. The van der Waals surface area contributed by atoms with Gasteiger partial charge in [-0.3, -0.25) is 0 Å². The number of hydrogen-bond acceptors (Lipinski definition) is 1. The minimum Gasteiger partial charge on any atom is -0.322 e. The molecule has 1 rings (SSSR count). The molecule has 0 heterocycles. The third-order valence-electron chi connectivity index (χ3n) is 1.06. The topological polar surface area (TPSA) is 26.0 Å². The van der Waals surface area contributed by atoms with Crippen molar-refractivity contribution in [2.45, 2.75) is 18.9 Å². The van der Waals surface area contributed by atoms with Crippen molar-refractivity contribution >= 4 is 0 Å². The molecule has 0 spiro atoms. The second-order valence-electron chi connectivity index (χ2n) is 2.11. The summed E-state index contributed by atoms with van der Waals surface area (Å²) in [6.45, 7) is 2.02. The zero-order valence-electron chi connectivity index (χ0n) is 3.94. The number of hydrogen-bond donors (Lipinski definition) is 1. The van der Waals surface area contributed by atoms with E-state index in [0.717, 1.165) is 6.42 Å². The van der Waals surface area contributed by atoms with Gasteiger partial charge >= 0.3 is 0 Å². The maximum Gasteiger partial charge on any atom is 0.0345 e. The Balaban J connectivity index is 2.57. The van der Waals surface area contributed by atoms with E-state index in [0.29, 0.717) is 0 Å². The fraction of sp³-hybridized carbons (Fsp3) is 0.600. The fourth-order valence-electron chi connectivity index (χ4n) is 0.490. The van der Waals surface area contributed by atoms with E-state index in [4.69, 9.17) is 5.73 Å². The summed E-state index contributed by atoms with van der Waals surface area (Å²) >= 11 is 0. The lowest BCUT2D eigenvalue weighted by Crippen LogP contribution is -2.37. The first-order valence-corrected chi connectivity index (χ1v) is 2.17. The lowest BCUT2D eigenvalue weighted by atomic mass is 9.89. The highest BCUT2D eigenvalue weighted by molar-refractivity contribution is 5.15. The summed E-state index contributed by atoms with van der Waals surface area (Å²) in [5, 5.41) is 0. The minimum atomic E-state index is 0.0417. The second kappa shape index (κ2) is 0.850. The molecule has 0 aromatic carbocycles. The Morgan fingerprint density at radius 3 is 2.17 bits per heavy atom. The van der Waals surface area contributed by atoms with Gasteiger partial charge in [0.2, 0.25) is 0 Å². The Labute approximate surface area is 37.8 Å². The van der Waals surface area contributed by atoms with Gasteiger partial charge in [-0.05, 0) is 13.3 Å². The molecule has 1 unspecified atom stereocenters. The molecule has 1 heteroatoms. The van der Waals surface area contributed by atoms with Crippen LogP contribution in [0.4, 0.5) is 0 Å². The second-order valence-corrected chi connectivity index (χ2v) is 2.11. The van der Waals surface area contributed by atoms with Crippen molar-refractivity contribution in [1.82, 2.24) is 0 Å². The quantitative estimate of drug-likeness (QED) is 0.428. The van der Waals surface area contributed by atoms with Crippen LogP contribution in [0.2, 0.25) is 0 Å². The lowest BCUT2D eigenvalue weighted by Gasteiger charge is -2.25. The summed E-state index contributed by atoms with van der Waals surface area (Å²) in [4.78, 5) is 0. The molecule has 0 aliphatic heterocycles. The standard InChI is InChI=1S/C5H9N/c1-5(6)3-2-4-5/h2-3H,4,6H2,1H3. The van der Waals surface area contributed by atoms with Gasteiger partial charge in [0.25, 0.3) is 0 Å². The molecule has 0 aromatic heterocycles. The van der Waals surface area contributed by atoms with Gasteiger partial charge in [0.15, 0.2) is 0 Å². The van der Waals surface area contributed by atoms with E-state index in [1.165, 1.54) is 0 Å². The van der Waals surface area contributed by atoms with Crippen molar-refractivity contribution in [3.63, 3.8) is 0 Å². The van der Waals surface area contributed by atoms with Crippen molar-refractivity contribution in [1.29, 1.82) is 0 Å². The van der Waals surface area contributed by atoms with E-state index in [1.807, 2.05) is 13.0 Å². The van der Waals surface area contributed by atoms with Crippen molar-refractivity contribution in [3.05, 3.63) is 12.2 Å². The van der Waals surface area contributed by atoms with Gasteiger partial charge in [0.1, 0.15) is 0 Å². The molecular weight excluding hydrogens is 74.1 g/mol. The Morgan fingerprint density at radius 1 is 1.83 bits per heavy atom. The zero-order chi connectivity index (χ0) is 4.62. The van der Waals surface area contributed by atoms with Crippen molar-refractivity contribution in [2.24, 2.45) is 5.73 Å². The molecule has 6 heavy (non-hydrogen) atoms. The van der Waals surface area contributed by atoms with Crippen LogP contribution in [0.15, 0.2) is 12.2 Å². The molecule has 1 nitrogen and oxygen atoms in total. The van der Waals surface area contributed by atoms with Gasteiger partial charge in [-0.15, -0.1) is 0 Å². The van der Waals surface area contributed by atoms with Crippen LogP contribution in [0.3, 0.4) is 0 Å². The van der Waals surface area contributed by atoms with Crippen LogP contribution >= 0.6 is 0 Å². The average molecular weight is 83.1 g/mol. The molecule has 0 fully saturated rings. The fourth-order valence-corrected chi connectivity index (χ4v) is 0.490. The van der Waals surface area contributed by atoms with Crippen molar-refractivity contribution in [2.75, 3.05) is 0 Å². The number of rotatable bonds is 0. The highest BCUT2D eigenvalue weighted by atomic mass is 14.7. The highest BCUT2D eigenvalue weighted by Gasteiger charge is 2.17. The zero-order valence-corrected chi connectivity index (χ0v) is 3.94. The molecule has 1 aliphatic rings. The van der Waals surface area contributed by atoms with Gasteiger partial charge in [0, 0.05) is 5.54 Å². The normalized spacial score (nSPS) is 42.3.